The van der Waals surface area contributed by atoms with Crippen LogP contribution >= 0.6 is 23.7 Å². The maximum atomic E-state index is 12.7. The molecule has 0 aromatic carbocycles. The summed E-state index contributed by atoms with van der Waals surface area (Å²) in [6.07, 6.45) is 0.137. The molecule has 0 aliphatic carbocycles. The Hall–Kier alpha value is -0.720. The fraction of sp³-hybridized carbons (Fsp3) is 0.444. The summed E-state index contributed by atoms with van der Waals surface area (Å²) in [4.78, 5) is 12.0. The molecule has 0 fully saturated rings. The van der Waals surface area contributed by atoms with Crippen LogP contribution in [0.2, 0.25) is 0 Å². The minimum Gasteiger partial charge on any atom is -0.350 e. The molecule has 0 aliphatic heterocycles. The molecule has 0 unspecified atom stereocenters. The van der Waals surface area contributed by atoms with Gasteiger partial charge in [-0.05, 0) is 11.4 Å². The predicted molar refractivity (Wildman–Crippen MR) is 62.3 cm³/mol. The van der Waals surface area contributed by atoms with Crippen LogP contribution in [0, 0.1) is 0 Å². The second-order valence-electron chi connectivity index (χ2n) is 3.09. The Morgan fingerprint density at radius 1 is 1.56 bits per heavy atom. The average Bonchev–Trinajstić information content (AvgIpc) is 2.68. The van der Waals surface area contributed by atoms with E-state index in [2.05, 4.69) is 5.32 Å². The van der Waals surface area contributed by atoms with Crippen molar-refractivity contribution in [2.24, 2.45) is 5.73 Å². The van der Waals surface area contributed by atoms with E-state index >= 15 is 0 Å². The highest BCUT2D eigenvalue weighted by atomic mass is 35.5. The molecule has 3 nitrogen and oxygen atoms in total. The number of alkyl halides is 2. The van der Waals surface area contributed by atoms with E-state index in [0.717, 1.165) is 4.88 Å². The first kappa shape index (κ1) is 15.3. The molecule has 0 saturated carbocycles. The summed E-state index contributed by atoms with van der Waals surface area (Å²) in [5, 5.41) is 3.98. The number of rotatable bonds is 5. The fourth-order valence-electron chi connectivity index (χ4n) is 0.934. The monoisotopic (exact) mass is 270 g/mol. The first-order valence-electron chi connectivity index (χ1n) is 4.40. The lowest BCUT2D eigenvalue weighted by atomic mass is 10.3. The molecule has 1 heterocycles. The van der Waals surface area contributed by atoms with Crippen LogP contribution in [-0.4, -0.2) is 24.9 Å². The minimum absolute atomic E-state index is 0. The summed E-state index contributed by atoms with van der Waals surface area (Å²) in [6.45, 7) is -1.46. The van der Waals surface area contributed by atoms with Gasteiger partial charge in [-0.15, -0.1) is 23.7 Å². The van der Waals surface area contributed by atoms with Crippen LogP contribution in [0.25, 0.3) is 0 Å². The van der Waals surface area contributed by atoms with E-state index in [4.69, 9.17) is 5.73 Å². The number of hydrogen-bond acceptors (Lipinski definition) is 3. The van der Waals surface area contributed by atoms with E-state index in [1.165, 1.54) is 11.3 Å². The van der Waals surface area contributed by atoms with Crippen LogP contribution in [0.15, 0.2) is 17.5 Å². The fourth-order valence-corrected chi connectivity index (χ4v) is 1.64. The van der Waals surface area contributed by atoms with Gasteiger partial charge in [-0.3, -0.25) is 4.79 Å². The van der Waals surface area contributed by atoms with Crippen LogP contribution in [0.4, 0.5) is 8.78 Å². The van der Waals surface area contributed by atoms with Gasteiger partial charge in [0.15, 0.2) is 0 Å². The van der Waals surface area contributed by atoms with Crippen LogP contribution in [0.5, 0.6) is 0 Å². The zero-order valence-corrected chi connectivity index (χ0v) is 10.0. The molecule has 0 spiro atoms. The van der Waals surface area contributed by atoms with Crippen molar-refractivity contribution in [2.45, 2.75) is 12.3 Å². The maximum absolute atomic E-state index is 12.7. The second-order valence-corrected chi connectivity index (χ2v) is 4.13. The molecule has 0 aliphatic rings. The maximum Gasteiger partial charge on any atom is 0.277 e. The molecule has 1 amide bonds. The second kappa shape index (κ2) is 6.78. The van der Waals surface area contributed by atoms with Crippen molar-refractivity contribution in [2.75, 3.05) is 13.1 Å². The largest absolute Gasteiger partial charge is 0.350 e. The van der Waals surface area contributed by atoms with Crippen molar-refractivity contribution < 1.29 is 13.6 Å². The molecule has 7 heteroatoms. The first-order chi connectivity index (χ1) is 7.03. The van der Waals surface area contributed by atoms with Crippen LogP contribution in [-0.2, 0) is 11.2 Å². The number of halogens is 3. The lowest BCUT2D eigenvalue weighted by Crippen LogP contribution is -2.41. The number of carbonyl (C=O) groups is 1. The summed E-state index contributed by atoms with van der Waals surface area (Å²) in [6, 6.07) is 3.59. The molecule has 1 rings (SSSR count). The molecule has 0 bridgehead atoms. The summed E-state index contributed by atoms with van der Waals surface area (Å²) in [7, 11) is 0. The third-order valence-corrected chi connectivity index (χ3v) is 2.63. The van der Waals surface area contributed by atoms with Gasteiger partial charge in [0.2, 0.25) is 5.91 Å². The van der Waals surface area contributed by atoms with E-state index in [9.17, 15) is 13.6 Å². The van der Waals surface area contributed by atoms with E-state index in [-0.39, 0.29) is 18.8 Å². The van der Waals surface area contributed by atoms with Crippen molar-refractivity contribution in [3.63, 3.8) is 0 Å². The Kier molecular flexibility index (Phi) is 6.47. The summed E-state index contributed by atoms with van der Waals surface area (Å²) in [5.41, 5.74) is 4.83. The number of amides is 1. The molecule has 92 valence electrons. The predicted octanol–water partition coefficient (Wildman–Crippen LogP) is 1.42. The van der Waals surface area contributed by atoms with Crippen molar-refractivity contribution >= 4 is 29.7 Å². The standard InChI is InChI=1S/C9H12F2N2OS.ClH/c10-9(11,5-12)6-13-8(14)4-7-2-1-3-15-7;/h1-3H,4-6,12H2,(H,13,14);1H. The van der Waals surface area contributed by atoms with E-state index in [1.54, 1.807) is 6.07 Å². The Morgan fingerprint density at radius 2 is 2.25 bits per heavy atom. The normalized spacial score (nSPS) is 10.7. The summed E-state index contributed by atoms with van der Waals surface area (Å²) < 4.78 is 25.3. The van der Waals surface area contributed by atoms with Gasteiger partial charge >= 0.3 is 0 Å². The smallest absolute Gasteiger partial charge is 0.277 e. The van der Waals surface area contributed by atoms with Crippen molar-refractivity contribution in [3.05, 3.63) is 22.4 Å². The topological polar surface area (TPSA) is 55.1 Å². The van der Waals surface area contributed by atoms with Crippen LogP contribution in [0.3, 0.4) is 0 Å². The first-order valence-corrected chi connectivity index (χ1v) is 5.28. The lowest BCUT2D eigenvalue weighted by Gasteiger charge is -2.14. The number of nitrogens with one attached hydrogen (secondary N) is 1. The van der Waals surface area contributed by atoms with Gasteiger partial charge in [-0.1, -0.05) is 6.07 Å². The van der Waals surface area contributed by atoms with E-state index in [0.29, 0.717) is 0 Å². The van der Waals surface area contributed by atoms with E-state index < -0.39 is 24.9 Å². The van der Waals surface area contributed by atoms with E-state index in [1.807, 2.05) is 11.4 Å². The highest BCUT2D eigenvalue weighted by Crippen LogP contribution is 2.10. The molecular formula is C9H13ClF2N2OS. The Bertz CT molecular complexity index is 319. The summed E-state index contributed by atoms with van der Waals surface area (Å²) >= 11 is 1.42. The third kappa shape index (κ3) is 5.39. The van der Waals surface area contributed by atoms with Crippen molar-refractivity contribution in [1.29, 1.82) is 0 Å². The van der Waals surface area contributed by atoms with Gasteiger partial charge in [-0.2, -0.15) is 0 Å². The SMILES string of the molecule is Cl.NCC(F)(F)CNC(=O)Cc1cccs1. The van der Waals surface area contributed by atoms with Gasteiger partial charge < -0.3 is 11.1 Å². The zero-order valence-electron chi connectivity index (χ0n) is 8.41. The number of nitrogens with two attached hydrogens (primary N) is 1. The molecule has 1 aromatic rings. The van der Waals surface area contributed by atoms with Gasteiger partial charge in [0.05, 0.1) is 19.5 Å². The number of carbonyl (C=O) groups excluding carboxylic acids is 1. The highest BCUT2D eigenvalue weighted by molar-refractivity contribution is 7.10. The Balaban J connectivity index is 0.00000225. The third-order valence-electron chi connectivity index (χ3n) is 1.76. The van der Waals surface area contributed by atoms with Gasteiger partial charge in [-0.25, -0.2) is 8.78 Å². The highest BCUT2D eigenvalue weighted by Gasteiger charge is 2.27. The lowest BCUT2D eigenvalue weighted by molar-refractivity contribution is -0.122. The molecular weight excluding hydrogens is 258 g/mol. The van der Waals surface area contributed by atoms with Gasteiger partial charge in [0.25, 0.3) is 5.92 Å². The van der Waals surface area contributed by atoms with Crippen LogP contribution in [0.1, 0.15) is 4.88 Å². The quantitative estimate of drug-likeness (QED) is 0.850. The average molecular weight is 271 g/mol. The molecule has 0 saturated heterocycles. The summed E-state index contributed by atoms with van der Waals surface area (Å²) in [5.74, 6) is -3.43. The molecule has 3 N–H and O–H groups in total. The molecule has 0 atom stereocenters. The molecule has 1 aromatic heterocycles. The van der Waals surface area contributed by atoms with Crippen molar-refractivity contribution in [1.82, 2.24) is 5.32 Å². The Morgan fingerprint density at radius 3 is 2.75 bits per heavy atom. The molecule has 0 radical (unpaired) electrons. The van der Waals surface area contributed by atoms with Gasteiger partial charge in [0.1, 0.15) is 0 Å². The van der Waals surface area contributed by atoms with Gasteiger partial charge in [0, 0.05) is 4.88 Å². The van der Waals surface area contributed by atoms with Crippen molar-refractivity contribution in [3.8, 4) is 0 Å². The Labute approximate surface area is 102 Å². The molecule has 16 heavy (non-hydrogen) atoms. The van der Waals surface area contributed by atoms with Crippen LogP contribution < -0.4 is 11.1 Å². The number of thiophene rings is 1. The minimum atomic E-state index is -3.02. The number of hydrogen-bond donors (Lipinski definition) is 2. The zero-order chi connectivity index (χ0) is 11.3.